The maximum absolute atomic E-state index is 13.2. The first-order valence-electron chi connectivity index (χ1n) is 10.4. The maximum atomic E-state index is 13.2. The van der Waals surface area contributed by atoms with E-state index < -0.39 is 21.8 Å². The minimum absolute atomic E-state index is 0.0481. The summed E-state index contributed by atoms with van der Waals surface area (Å²) < 4.78 is 40.4. The standard InChI is InChI=1S/C23H29FN2O3S/c1-17(2)15-22(18-7-4-3-5-8-18)25-23(27)19-9-6-14-26(16-19)30(28,29)21-12-10-20(24)11-13-21/h3-5,7-8,10-13,17,19,22H,6,9,14-16H2,1-2H3,(H,25,27)/t19-,22-/m1/s1. The van der Waals surface area contributed by atoms with Crippen LogP contribution in [0.4, 0.5) is 4.39 Å². The van der Waals surface area contributed by atoms with Gasteiger partial charge in [0.2, 0.25) is 15.9 Å². The van der Waals surface area contributed by atoms with E-state index in [1.807, 2.05) is 30.3 Å². The molecule has 1 amide bonds. The van der Waals surface area contributed by atoms with Crippen LogP contribution in [0, 0.1) is 17.7 Å². The molecule has 7 heteroatoms. The van der Waals surface area contributed by atoms with Crippen LogP contribution in [0.3, 0.4) is 0 Å². The van der Waals surface area contributed by atoms with Gasteiger partial charge in [-0.15, -0.1) is 0 Å². The van der Waals surface area contributed by atoms with Crippen molar-refractivity contribution in [3.05, 3.63) is 66.0 Å². The van der Waals surface area contributed by atoms with Gasteiger partial charge in [0, 0.05) is 13.1 Å². The van der Waals surface area contributed by atoms with Gasteiger partial charge in [0.15, 0.2) is 0 Å². The fraction of sp³-hybridized carbons (Fsp3) is 0.435. The molecule has 0 saturated carbocycles. The molecule has 0 unspecified atom stereocenters. The molecule has 2 aromatic carbocycles. The summed E-state index contributed by atoms with van der Waals surface area (Å²) in [7, 11) is -3.76. The van der Waals surface area contributed by atoms with Crippen molar-refractivity contribution >= 4 is 15.9 Å². The molecule has 1 saturated heterocycles. The van der Waals surface area contributed by atoms with Crippen LogP contribution in [0.1, 0.15) is 44.7 Å². The number of sulfonamides is 1. The van der Waals surface area contributed by atoms with Gasteiger partial charge in [-0.25, -0.2) is 12.8 Å². The minimum Gasteiger partial charge on any atom is -0.349 e. The third-order valence-electron chi connectivity index (χ3n) is 5.43. The van der Waals surface area contributed by atoms with E-state index in [2.05, 4.69) is 19.2 Å². The molecule has 2 atom stereocenters. The summed E-state index contributed by atoms with van der Waals surface area (Å²) in [6.07, 6.45) is 2.06. The van der Waals surface area contributed by atoms with E-state index in [9.17, 15) is 17.6 Å². The summed E-state index contributed by atoms with van der Waals surface area (Å²) in [4.78, 5) is 13.1. The lowest BCUT2D eigenvalue weighted by Gasteiger charge is -2.32. The lowest BCUT2D eigenvalue weighted by atomic mass is 9.94. The van der Waals surface area contributed by atoms with E-state index in [0.29, 0.717) is 25.3 Å². The second kappa shape index (κ2) is 9.71. The zero-order valence-electron chi connectivity index (χ0n) is 17.4. The van der Waals surface area contributed by atoms with Gasteiger partial charge in [-0.05, 0) is 55.0 Å². The predicted molar refractivity (Wildman–Crippen MR) is 115 cm³/mol. The number of benzene rings is 2. The zero-order chi connectivity index (χ0) is 21.7. The largest absolute Gasteiger partial charge is 0.349 e. The lowest BCUT2D eigenvalue weighted by molar-refractivity contribution is -0.127. The van der Waals surface area contributed by atoms with Crippen molar-refractivity contribution in [3.63, 3.8) is 0 Å². The van der Waals surface area contributed by atoms with E-state index in [4.69, 9.17) is 0 Å². The van der Waals surface area contributed by atoms with Gasteiger partial charge in [0.05, 0.1) is 16.9 Å². The van der Waals surface area contributed by atoms with Gasteiger partial charge in [0.25, 0.3) is 0 Å². The Kier molecular flexibility index (Phi) is 7.26. The molecule has 1 N–H and O–H groups in total. The Morgan fingerprint density at radius 2 is 1.80 bits per heavy atom. The Morgan fingerprint density at radius 1 is 1.13 bits per heavy atom. The Bertz CT molecular complexity index is 946. The summed E-state index contributed by atoms with van der Waals surface area (Å²) in [5, 5.41) is 3.14. The first-order chi connectivity index (χ1) is 14.3. The van der Waals surface area contributed by atoms with Gasteiger partial charge < -0.3 is 5.32 Å². The molecule has 1 fully saturated rings. The normalized spacial score (nSPS) is 18.9. The average Bonchev–Trinajstić information content (AvgIpc) is 2.74. The molecular formula is C23H29FN2O3S. The van der Waals surface area contributed by atoms with Crippen molar-refractivity contribution in [1.29, 1.82) is 0 Å². The van der Waals surface area contributed by atoms with E-state index in [0.717, 1.165) is 24.1 Å². The highest BCUT2D eigenvalue weighted by Gasteiger charge is 2.34. The Balaban J connectivity index is 1.72. The molecule has 0 bridgehead atoms. The summed E-state index contributed by atoms with van der Waals surface area (Å²) in [5.41, 5.74) is 1.05. The molecule has 162 valence electrons. The van der Waals surface area contributed by atoms with Crippen LogP contribution < -0.4 is 5.32 Å². The van der Waals surface area contributed by atoms with Crippen molar-refractivity contribution in [2.75, 3.05) is 13.1 Å². The number of hydrogen-bond donors (Lipinski definition) is 1. The first-order valence-corrected chi connectivity index (χ1v) is 11.8. The third-order valence-corrected chi connectivity index (χ3v) is 7.31. The molecule has 0 radical (unpaired) electrons. The van der Waals surface area contributed by atoms with Crippen molar-refractivity contribution < 1.29 is 17.6 Å². The molecule has 2 aromatic rings. The summed E-state index contributed by atoms with van der Waals surface area (Å²) in [6.45, 7) is 4.71. The number of rotatable bonds is 7. The third kappa shape index (κ3) is 5.46. The average molecular weight is 433 g/mol. The molecule has 1 aliphatic rings. The maximum Gasteiger partial charge on any atom is 0.243 e. The van der Waals surface area contributed by atoms with Gasteiger partial charge in [0.1, 0.15) is 5.82 Å². The van der Waals surface area contributed by atoms with Crippen LogP contribution in [0.25, 0.3) is 0 Å². The topological polar surface area (TPSA) is 66.5 Å². The number of nitrogens with one attached hydrogen (secondary N) is 1. The Hall–Kier alpha value is -2.25. The number of piperidine rings is 1. The predicted octanol–water partition coefficient (Wildman–Crippen LogP) is 4.13. The van der Waals surface area contributed by atoms with Gasteiger partial charge in [-0.1, -0.05) is 44.2 Å². The monoisotopic (exact) mass is 432 g/mol. The number of halogens is 1. The molecule has 1 aliphatic heterocycles. The molecular weight excluding hydrogens is 403 g/mol. The zero-order valence-corrected chi connectivity index (χ0v) is 18.2. The summed E-state index contributed by atoms with van der Waals surface area (Å²) in [6, 6.07) is 14.5. The van der Waals surface area contributed by atoms with Crippen LogP contribution in [0.2, 0.25) is 0 Å². The second-order valence-corrected chi connectivity index (χ2v) is 10.2. The number of carbonyl (C=O) groups excluding carboxylic acids is 1. The molecule has 3 rings (SSSR count). The lowest BCUT2D eigenvalue weighted by Crippen LogP contribution is -2.46. The summed E-state index contributed by atoms with van der Waals surface area (Å²) in [5.74, 6) is -0.616. The van der Waals surface area contributed by atoms with E-state index in [1.165, 1.54) is 16.4 Å². The number of nitrogens with zero attached hydrogens (tertiary/aromatic N) is 1. The van der Waals surface area contributed by atoms with Crippen molar-refractivity contribution in [3.8, 4) is 0 Å². The highest BCUT2D eigenvalue weighted by Crippen LogP contribution is 2.26. The highest BCUT2D eigenvalue weighted by molar-refractivity contribution is 7.89. The number of hydrogen-bond acceptors (Lipinski definition) is 3. The van der Waals surface area contributed by atoms with Gasteiger partial charge >= 0.3 is 0 Å². The first kappa shape index (κ1) is 22.4. The number of carbonyl (C=O) groups is 1. The molecule has 30 heavy (non-hydrogen) atoms. The highest BCUT2D eigenvalue weighted by atomic mass is 32.2. The Morgan fingerprint density at radius 3 is 2.43 bits per heavy atom. The van der Waals surface area contributed by atoms with Crippen molar-refractivity contribution in [2.45, 2.75) is 44.0 Å². The SMILES string of the molecule is CC(C)C[C@@H](NC(=O)[C@@H]1CCCN(S(=O)(=O)c2ccc(F)cc2)C1)c1ccccc1. The quantitative estimate of drug-likeness (QED) is 0.715. The van der Waals surface area contributed by atoms with Gasteiger partial charge in [-0.2, -0.15) is 4.31 Å². The Labute approximate surface area is 178 Å². The summed E-state index contributed by atoms with van der Waals surface area (Å²) >= 11 is 0. The minimum atomic E-state index is -3.76. The van der Waals surface area contributed by atoms with Crippen LogP contribution in [-0.4, -0.2) is 31.7 Å². The van der Waals surface area contributed by atoms with Crippen LogP contribution in [0.15, 0.2) is 59.5 Å². The molecule has 0 aliphatic carbocycles. The van der Waals surface area contributed by atoms with Crippen LogP contribution in [0.5, 0.6) is 0 Å². The van der Waals surface area contributed by atoms with E-state index in [1.54, 1.807) is 0 Å². The number of amides is 1. The second-order valence-electron chi connectivity index (χ2n) is 8.26. The smallest absolute Gasteiger partial charge is 0.243 e. The molecule has 0 spiro atoms. The van der Waals surface area contributed by atoms with Crippen LogP contribution >= 0.6 is 0 Å². The van der Waals surface area contributed by atoms with Crippen molar-refractivity contribution in [2.24, 2.45) is 11.8 Å². The molecule has 5 nitrogen and oxygen atoms in total. The van der Waals surface area contributed by atoms with E-state index >= 15 is 0 Å². The van der Waals surface area contributed by atoms with Gasteiger partial charge in [-0.3, -0.25) is 4.79 Å². The molecule has 0 aromatic heterocycles. The van der Waals surface area contributed by atoms with E-state index in [-0.39, 0.29) is 23.4 Å². The van der Waals surface area contributed by atoms with Crippen molar-refractivity contribution in [1.82, 2.24) is 9.62 Å². The molecule has 1 heterocycles. The van der Waals surface area contributed by atoms with Crippen LogP contribution in [-0.2, 0) is 14.8 Å². The fourth-order valence-corrected chi connectivity index (χ4v) is 5.38. The fourth-order valence-electron chi connectivity index (χ4n) is 3.86.